The first-order chi connectivity index (χ1) is 15.9. The number of hydrogen-bond donors (Lipinski definition) is 2. The quantitative estimate of drug-likeness (QED) is 0.227. The van der Waals surface area contributed by atoms with Crippen LogP contribution < -0.4 is 10.6 Å². The Morgan fingerprint density at radius 1 is 1.06 bits per heavy atom. The van der Waals surface area contributed by atoms with Crippen molar-refractivity contribution in [1.82, 2.24) is 20.3 Å². The summed E-state index contributed by atoms with van der Waals surface area (Å²) in [4.78, 5) is 14.1. The lowest BCUT2D eigenvalue weighted by Gasteiger charge is -2.11. The summed E-state index contributed by atoms with van der Waals surface area (Å²) in [6.07, 6.45) is 3.45. The first-order valence-corrected chi connectivity index (χ1v) is 12.3. The number of nitrogens with zero attached hydrogens (tertiary/aromatic N) is 3. The van der Waals surface area contributed by atoms with E-state index in [1.54, 1.807) is 10.9 Å². The highest BCUT2D eigenvalue weighted by molar-refractivity contribution is 14.1. The molecule has 3 aromatic carbocycles. The summed E-state index contributed by atoms with van der Waals surface area (Å²) in [7, 11) is 0. The molecule has 1 heterocycles. The second-order valence-corrected chi connectivity index (χ2v) is 9.49. The van der Waals surface area contributed by atoms with Crippen LogP contribution in [0.5, 0.6) is 0 Å². The topological polar surface area (TPSA) is 71.8 Å². The van der Waals surface area contributed by atoms with E-state index >= 15 is 0 Å². The van der Waals surface area contributed by atoms with E-state index in [0.717, 1.165) is 38.0 Å². The molecule has 33 heavy (non-hydrogen) atoms. The van der Waals surface area contributed by atoms with E-state index < -0.39 is 0 Å². The number of halogens is 1. The Morgan fingerprint density at radius 3 is 2.48 bits per heavy atom. The number of unbranched alkanes of at least 4 members (excludes halogenated alkanes) is 1. The molecule has 0 fully saturated rings. The zero-order chi connectivity index (χ0) is 23.4. The Labute approximate surface area is 211 Å². The van der Waals surface area contributed by atoms with Gasteiger partial charge in [0.25, 0.3) is 5.91 Å². The molecule has 0 spiro atoms. The Kier molecular flexibility index (Phi) is 7.34. The third-order valence-corrected chi connectivity index (χ3v) is 6.15. The van der Waals surface area contributed by atoms with Gasteiger partial charge in [-0.05, 0) is 108 Å². The van der Waals surface area contributed by atoms with E-state index in [0.29, 0.717) is 5.56 Å². The SMILES string of the molecule is CCCCc1ccc(-n2nc3cc(C)c(NC(=S)NC(=O)c4cccc(I)c4)cc3n2)cc1. The molecule has 0 radical (unpaired) electrons. The lowest BCUT2D eigenvalue weighted by molar-refractivity contribution is 0.0977. The molecule has 1 amide bonds. The van der Waals surface area contributed by atoms with Gasteiger partial charge in [-0.15, -0.1) is 10.2 Å². The van der Waals surface area contributed by atoms with Crippen molar-refractivity contribution in [1.29, 1.82) is 0 Å². The van der Waals surface area contributed by atoms with Crippen LogP contribution in [0.1, 0.15) is 41.3 Å². The van der Waals surface area contributed by atoms with Crippen molar-refractivity contribution in [3.63, 3.8) is 0 Å². The van der Waals surface area contributed by atoms with Crippen LogP contribution in [0.25, 0.3) is 16.7 Å². The summed E-state index contributed by atoms with van der Waals surface area (Å²) < 4.78 is 0.985. The number of thiocarbonyl (C=S) groups is 1. The smallest absolute Gasteiger partial charge is 0.257 e. The molecule has 0 saturated heterocycles. The van der Waals surface area contributed by atoms with Crippen LogP contribution in [-0.4, -0.2) is 26.0 Å². The molecule has 1 aromatic heterocycles. The van der Waals surface area contributed by atoms with Gasteiger partial charge in [0.1, 0.15) is 11.0 Å². The van der Waals surface area contributed by atoms with Crippen LogP contribution in [0.15, 0.2) is 60.7 Å². The van der Waals surface area contributed by atoms with Gasteiger partial charge in [0.2, 0.25) is 0 Å². The normalized spacial score (nSPS) is 10.9. The maximum Gasteiger partial charge on any atom is 0.257 e. The summed E-state index contributed by atoms with van der Waals surface area (Å²) in [5.74, 6) is -0.252. The average Bonchev–Trinajstić information content (AvgIpc) is 3.20. The van der Waals surface area contributed by atoms with Crippen molar-refractivity contribution < 1.29 is 4.79 Å². The van der Waals surface area contributed by atoms with Crippen LogP contribution in [0.4, 0.5) is 5.69 Å². The van der Waals surface area contributed by atoms with Gasteiger partial charge in [-0.2, -0.15) is 4.80 Å². The molecule has 6 nitrogen and oxygen atoms in total. The zero-order valence-electron chi connectivity index (χ0n) is 18.4. The van der Waals surface area contributed by atoms with E-state index in [2.05, 4.69) is 62.5 Å². The molecule has 0 aliphatic rings. The first-order valence-electron chi connectivity index (χ1n) is 10.8. The Balaban J connectivity index is 1.49. The molecule has 4 rings (SSSR count). The summed E-state index contributed by atoms with van der Waals surface area (Å²) in [5.41, 5.74) is 6.06. The number of fused-ring (bicyclic) bond motifs is 1. The predicted molar refractivity (Wildman–Crippen MR) is 145 cm³/mol. The first kappa shape index (κ1) is 23.3. The second kappa shape index (κ2) is 10.4. The van der Waals surface area contributed by atoms with E-state index in [1.807, 2.05) is 49.4 Å². The van der Waals surface area contributed by atoms with Gasteiger partial charge < -0.3 is 5.32 Å². The van der Waals surface area contributed by atoms with E-state index in [4.69, 9.17) is 12.2 Å². The average molecular weight is 569 g/mol. The number of aryl methyl sites for hydroxylation is 2. The number of carbonyl (C=O) groups is 1. The van der Waals surface area contributed by atoms with Crippen LogP contribution in [-0.2, 0) is 6.42 Å². The molecule has 168 valence electrons. The maximum absolute atomic E-state index is 12.5. The van der Waals surface area contributed by atoms with Crippen LogP contribution in [0.3, 0.4) is 0 Å². The molecule has 0 bridgehead atoms. The maximum atomic E-state index is 12.5. The molecule has 0 aliphatic heterocycles. The zero-order valence-corrected chi connectivity index (χ0v) is 21.4. The molecule has 4 aromatic rings. The van der Waals surface area contributed by atoms with E-state index in [9.17, 15) is 4.79 Å². The molecule has 0 unspecified atom stereocenters. The number of aromatic nitrogens is 3. The number of anilines is 1. The minimum atomic E-state index is -0.252. The fraction of sp³-hybridized carbons (Fsp3) is 0.200. The van der Waals surface area contributed by atoms with Gasteiger partial charge in [-0.3, -0.25) is 10.1 Å². The third-order valence-electron chi connectivity index (χ3n) is 5.27. The minimum absolute atomic E-state index is 0.233. The van der Waals surface area contributed by atoms with Gasteiger partial charge in [-0.25, -0.2) is 0 Å². The molecule has 0 atom stereocenters. The number of hydrogen-bond acceptors (Lipinski definition) is 4. The lowest BCUT2D eigenvalue weighted by atomic mass is 10.1. The second-order valence-electron chi connectivity index (χ2n) is 7.83. The molecule has 0 aliphatic carbocycles. The van der Waals surface area contributed by atoms with Crippen molar-refractivity contribution in [2.24, 2.45) is 0 Å². The summed E-state index contributed by atoms with van der Waals surface area (Å²) in [6, 6.07) is 19.5. The molecular weight excluding hydrogens is 545 g/mol. The van der Waals surface area contributed by atoms with Crippen molar-refractivity contribution in [3.8, 4) is 5.69 Å². The van der Waals surface area contributed by atoms with Gasteiger partial charge in [0.15, 0.2) is 5.11 Å². The van der Waals surface area contributed by atoms with Gasteiger partial charge in [0.05, 0.1) is 5.69 Å². The lowest BCUT2D eigenvalue weighted by Crippen LogP contribution is -2.34. The Hall–Kier alpha value is -2.85. The van der Waals surface area contributed by atoms with Gasteiger partial charge in [0, 0.05) is 14.8 Å². The third kappa shape index (κ3) is 5.75. The number of amides is 1. The standard InChI is InChI=1S/C25H24IN5OS/c1-3-4-6-17-9-11-20(12-10-17)31-29-22-13-16(2)21(15-23(22)30-31)27-25(33)28-24(32)18-7-5-8-19(26)14-18/h5,7-15H,3-4,6H2,1-2H3,(H2,27,28,32,33). The van der Waals surface area contributed by atoms with Crippen LogP contribution in [0, 0.1) is 10.5 Å². The van der Waals surface area contributed by atoms with Gasteiger partial charge >= 0.3 is 0 Å². The Bertz CT molecular complexity index is 1320. The highest BCUT2D eigenvalue weighted by Gasteiger charge is 2.12. The summed E-state index contributed by atoms with van der Waals surface area (Å²) in [6.45, 7) is 4.16. The fourth-order valence-corrected chi connectivity index (χ4v) is 4.20. The number of carbonyl (C=O) groups excluding carboxylic acids is 1. The predicted octanol–water partition coefficient (Wildman–Crippen LogP) is 5.80. The van der Waals surface area contributed by atoms with Crippen molar-refractivity contribution >= 4 is 62.5 Å². The number of rotatable bonds is 6. The van der Waals surface area contributed by atoms with Crippen LogP contribution in [0.2, 0.25) is 0 Å². The Morgan fingerprint density at radius 2 is 1.79 bits per heavy atom. The highest BCUT2D eigenvalue weighted by Crippen LogP contribution is 2.22. The molecule has 0 saturated carbocycles. The minimum Gasteiger partial charge on any atom is -0.332 e. The number of benzene rings is 3. The van der Waals surface area contributed by atoms with Crippen LogP contribution >= 0.6 is 34.8 Å². The summed E-state index contributed by atoms with van der Waals surface area (Å²) >= 11 is 7.54. The van der Waals surface area contributed by atoms with E-state index in [1.165, 1.54) is 18.4 Å². The van der Waals surface area contributed by atoms with Crippen molar-refractivity contribution in [2.75, 3.05) is 5.32 Å². The summed E-state index contributed by atoms with van der Waals surface area (Å²) in [5, 5.41) is 15.3. The highest BCUT2D eigenvalue weighted by atomic mass is 127. The molecule has 8 heteroatoms. The molecule has 2 N–H and O–H groups in total. The van der Waals surface area contributed by atoms with Crippen molar-refractivity contribution in [3.05, 3.63) is 80.9 Å². The monoisotopic (exact) mass is 569 g/mol. The van der Waals surface area contributed by atoms with Crippen molar-refractivity contribution in [2.45, 2.75) is 33.1 Å². The molecular formula is C25H24IN5OS. The van der Waals surface area contributed by atoms with E-state index in [-0.39, 0.29) is 11.0 Å². The fourth-order valence-electron chi connectivity index (χ4n) is 3.45. The largest absolute Gasteiger partial charge is 0.332 e. The number of nitrogens with one attached hydrogen (secondary N) is 2. The van der Waals surface area contributed by atoms with Gasteiger partial charge in [-0.1, -0.05) is 31.5 Å².